The monoisotopic (exact) mass is 278 g/mol. The second-order valence-electron chi connectivity index (χ2n) is 6.37. The summed E-state index contributed by atoms with van der Waals surface area (Å²) in [6, 6.07) is 4.06. The first-order valence-corrected chi connectivity index (χ1v) is 7.49. The van der Waals surface area contributed by atoms with Gasteiger partial charge in [0, 0.05) is 23.8 Å². The lowest BCUT2D eigenvalue weighted by Gasteiger charge is -2.40. The molecule has 3 N–H and O–H groups in total. The van der Waals surface area contributed by atoms with E-state index in [-0.39, 0.29) is 18.0 Å². The molecule has 0 radical (unpaired) electrons. The molecule has 1 aromatic carbocycles. The second-order valence-corrected chi connectivity index (χ2v) is 6.37. The fraction of sp³-hybridized carbons (Fsp3) is 0.625. The summed E-state index contributed by atoms with van der Waals surface area (Å²) in [5, 5.41) is 9.92. The summed E-state index contributed by atoms with van der Waals surface area (Å²) < 4.78 is 13.8. The van der Waals surface area contributed by atoms with E-state index in [1.807, 2.05) is 13.0 Å². The van der Waals surface area contributed by atoms with Crippen molar-refractivity contribution in [1.82, 2.24) is 0 Å². The number of aryl methyl sites for hydroxylation is 1. The van der Waals surface area contributed by atoms with Gasteiger partial charge in [0.05, 0.1) is 6.10 Å². The number of aliphatic hydroxyl groups is 1. The molecule has 2 aliphatic rings. The average Bonchev–Trinajstić information content (AvgIpc) is 2.64. The molecule has 2 heterocycles. The topological polar surface area (TPSA) is 49.5 Å². The zero-order valence-corrected chi connectivity index (χ0v) is 12.1. The molecule has 3 atom stereocenters. The third-order valence-corrected chi connectivity index (χ3v) is 4.78. The van der Waals surface area contributed by atoms with Crippen molar-refractivity contribution in [3.05, 3.63) is 29.1 Å². The normalized spacial score (nSPS) is 30.6. The Morgan fingerprint density at radius 1 is 1.30 bits per heavy atom. The summed E-state index contributed by atoms with van der Waals surface area (Å²) in [5.74, 6) is -0.189. The van der Waals surface area contributed by atoms with Crippen molar-refractivity contribution in [2.24, 2.45) is 5.73 Å². The van der Waals surface area contributed by atoms with Crippen molar-refractivity contribution in [2.45, 2.75) is 63.8 Å². The van der Waals surface area contributed by atoms with Crippen LogP contribution in [0.2, 0.25) is 0 Å². The summed E-state index contributed by atoms with van der Waals surface area (Å²) in [6.45, 7) is 3.69. The van der Waals surface area contributed by atoms with Crippen LogP contribution < -0.4 is 10.6 Å². The van der Waals surface area contributed by atoms with Gasteiger partial charge in [0.2, 0.25) is 0 Å². The first-order chi connectivity index (χ1) is 9.47. The highest BCUT2D eigenvalue weighted by Gasteiger charge is 2.41. The van der Waals surface area contributed by atoms with Gasteiger partial charge in [-0.15, -0.1) is 0 Å². The van der Waals surface area contributed by atoms with E-state index in [1.54, 1.807) is 13.0 Å². The standard InChI is InChI=1S/C16H23FN2O/c1-9-5-16(14(10(2)18)8-15(9)17)19-11-3-4-12(19)7-13(20)6-11/h5,8,10-13,20H,3-4,6-7,18H2,1-2H3. The van der Waals surface area contributed by atoms with Crippen LogP contribution in [0, 0.1) is 12.7 Å². The van der Waals surface area contributed by atoms with E-state index in [1.165, 1.54) is 0 Å². The Morgan fingerprint density at radius 2 is 1.90 bits per heavy atom. The zero-order chi connectivity index (χ0) is 14.4. The maximum atomic E-state index is 13.8. The van der Waals surface area contributed by atoms with Crippen LogP contribution in [0.15, 0.2) is 12.1 Å². The number of piperidine rings is 1. The molecule has 3 nitrogen and oxygen atoms in total. The number of nitrogens with two attached hydrogens (primary N) is 1. The third-order valence-electron chi connectivity index (χ3n) is 4.78. The van der Waals surface area contributed by atoms with E-state index >= 15 is 0 Å². The van der Waals surface area contributed by atoms with Crippen LogP contribution in [0.3, 0.4) is 0 Å². The Morgan fingerprint density at radius 3 is 2.45 bits per heavy atom. The van der Waals surface area contributed by atoms with Gasteiger partial charge in [0.25, 0.3) is 0 Å². The first-order valence-electron chi connectivity index (χ1n) is 7.49. The van der Waals surface area contributed by atoms with E-state index in [0.29, 0.717) is 17.6 Å². The Bertz CT molecular complexity index is 503. The molecule has 2 bridgehead atoms. The average molecular weight is 278 g/mol. The fourth-order valence-corrected chi connectivity index (χ4v) is 3.81. The van der Waals surface area contributed by atoms with Gasteiger partial charge in [-0.1, -0.05) is 0 Å². The first kappa shape index (κ1) is 13.8. The molecule has 0 amide bonds. The van der Waals surface area contributed by atoms with Crippen molar-refractivity contribution < 1.29 is 9.50 Å². The van der Waals surface area contributed by atoms with Gasteiger partial charge in [-0.05, 0) is 62.8 Å². The molecule has 1 aromatic rings. The summed E-state index contributed by atoms with van der Waals surface area (Å²) in [7, 11) is 0. The number of fused-ring (bicyclic) bond motifs is 2. The molecule has 2 saturated heterocycles. The van der Waals surface area contributed by atoms with E-state index in [0.717, 1.165) is 36.9 Å². The van der Waals surface area contributed by atoms with E-state index in [9.17, 15) is 9.50 Å². The molecule has 0 spiro atoms. The van der Waals surface area contributed by atoms with Gasteiger partial charge in [-0.3, -0.25) is 0 Å². The lowest BCUT2D eigenvalue weighted by atomic mass is 9.95. The molecule has 3 rings (SSSR count). The molecule has 20 heavy (non-hydrogen) atoms. The molecular weight excluding hydrogens is 255 g/mol. The summed E-state index contributed by atoms with van der Waals surface area (Å²) in [5.41, 5.74) is 8.64. The second kappa shape index (κ2) is 5.01. The number of rotatable bonds is 2. The van der Waals surface area contributed by atoms with Crippen LogP contribution in [-0.2, 0) is 0 Å². The van der Waals surface area contributed by atoms with Crippen molar-refractivity contribution in [3.63, 3.8) is 0 Å². The molecule has 4 heteroatoms. The van der Waals surface area contributed by atoms with Crippen LogP contribution >= 0.6 is 0 Å². The van der Waals surface area contributed by atoms with Gasteiger partial charge in [0.1, 0.15) is 5.82 Å². The predicted molar refractivity (Wildman–Crippen MR) is 78.3 cm³/mol. The number of benzene rings is 1. The molecule has 0 aliphatic carbocycles. The van der Waals surface area contributed by atoms with Crippen molar-refractivity contribution in [1.29, 1.82) is 0 Å². The smallest absolute Gasteiger partial charge is 0.126 e. The molecule has 0 aromatic heterocycles. The fourth-order valence-electron chi connectivity index (χ4n) is 3.81. The van der Waals surface area contributed by atoms with Crippen LogP contribution in [0.25, 0.3) is 0 Å². The van der Waals surface area contributed by atoms with Crippen molar-refractivity contribution in [2.75, 3.05) is 4.90 Å². The summed E-state index contributed by atoms with van der Waals surface area (Å²) in [6.07, 6.45) is 3.65. The lowest BCUT2D eigenvalue weighted by Crippen LogP contribution is -2.45. The van der Waals surface area contributed by atoms with E-state index < -0.39 is 0 Å². The SMILES string of the molecule is Cc1cc(N2C3CCC2CC(O)C3)c(C(C)N)cc1F. The highest BCUT2D eigenvalue weighted by Crippen LogP contribution is 2.42. The summed E-state index contributed by atoms with van der Waals surface area (Å²) in [4.78, 5) is 2.39. The predicted octanol–water partition coefficient (Wildman–Crippen LogP) is 2.65. The molecule has 2 fully saturated rings. The quantitative estimate of drug-likeness (QED) is 0.874. The Labute approximate surface area is 119 Å². The number of hydrogen-bond acceptors (Lipinski definition) is 3. The summed E-state index contributed by atoms with van der Waals surface area (Å²) >= 11 is 0. The van der Waals surface area contributed by atoms with E-state index in [4.69, 9.17) is 5.73 Å². The van der Waals surface area contributed by atoms with Gasteiger partial charge >= 0.3 is 0 Å². The minimum absolute atomic E-state index is 0.189. The highest BCUT2D eigenvalue weighted by atomic mass is 19.1. The van der Waals surface area contributed by atoms with E-state index in [2.05, 4.69) is 4.90 Å². The van der Waals surface area contributed by atoms with Crippen LogP contribution in [0.4, 0.5) is 10.1 Å². The van der Waals surface area contributed by atoms with Crippen molar-refractivity contribution >= 4 is 5.69 Å². The minimum Gasteiger partial charge on any atom is -0.393 e. The zero-order valence-electron chi connectivity index (χ0n) is 12.1. The Balaban J connectivity index is 2.04. The van der Waals surface area contributed by atoms with Gasteiger partial charge in [-0.25, -0.2) is 4.39 Å². The Hall–Kier alpha value is -1.13. The number of halogens is 1. The third kappa shape index (κ3) is 2.21. The van der Waals surface area contributed by atoms with Gasteiger partial charge in [-0.2, -0.15) is 0 Å². The number of hydrogen-bond donors (Lipinski definition) is 2. The minimum atomic E-state index is -0.191. The lowest BCUT2D eigenvalue weighted by molar-refractivity contribution is 0.126. The molecule has 2 aliphatic heterocycles. The van der Waals surface area contributed by atoms with Crippen molar-refractivity contribution in [3.8, 4) is 0 Å². The number of anilines is 1. The Kier molecular flexibility index (Phi) is 3.46. The van der Waals surface area contributed by atoms with Gasteiger partial charge < -0.3 is 15.7 Å². The van der Waals surface area contributed by atoms with Crippen LogP contribution in [0.1, 0.15) is 49.8 Å². The van der Waals surface area contributed by atoms with Crippen LogP contribution in [0.5, 0.6) is 0 Å². The molecule has 0 saturated carbocycles. The molecule has 110 valence electrons. The van der Waals surface area contributed by atoms with Crippen LogP contribution in [-0.4, -0.2) is 23.3 Å². The maximum Gasteiger partial charge on any atom is 0.126 e. The molecular formula is C16H23FN2O. The molecule has 3 unspecified atom stereocenters. The number of aliphatic hydroxyl groups excluding tert-OH is 1. The maximum absolute atomic E-state index is 13.8. The van der Waals surface area contributed by atoms with Gasteiger partial charge in [0.15, 0.2) is 0 Å². The number of nitrogens with zero attached hydrogens (tertiary/aromatic N) is 1. The highest BCUT2D eigenvalue weighted by molar-refractivity contribution is 5.59. The largest absolute Gasteiger partial charge is 0.393 e.